The van der Waals surface area contributed by atoms with Crippen molar-refractivity contribution in [2.45, 2.75) is 57.7 Å². The van der Waals surface area contributed by atoms with Crippen LogP contribution in [0.15, 0.2) is 17.7 Å². The number of allylic oxidation sites excluding steroid dienone is 1. The number of hydrogen-bond donors (Lipinski definition) is 1. The lowest BCUT2D eigenvalue weighted by Crippen LogP contribution is -2.46. The summed E-state index contributed by atoms with van der Waals surface area (Å²) in [6, 6.07) is 2.11. The highest BCUT2D eigenvalue weighted by molar-refractivity contribution is 7.14. The molecule has 0 aliphatic carbocycles. The van der Waals surface area contributed by atoms with Crippen molar-refractivity contribution < 1.29 is 14.6 Å². The number of ether oxygens (including phenoxy) is 1. The van der Waals surface area contributed by atoms with Gasteiger partial charge in [0.25, 0.3) is 5.91 Å². The first-order valence-electron chi connectivity index (χ1n) is 10.6. The van der Waals surface area contributed by atoms with Crippen molar-refractivity contribution in [1.29, 1.82) is 0 Å². The maximum atomic E-state index is 13.0. The van der Waals surface area contributed by atoms with Crippen molar-refractivity contribution in [3.05, 3.63) is 33.0 Å². The first kappa shape index (κ1) is 20.1. The number of aliphatic hydroxyl groups is 1. The van der Waals surface area contributed by atoms with Gasteiger partial charge in [0.1, 0.15) is 0 Å². The first-order chi connectivity index (χ1) is 13.5. The molecule has 0 radical (unpaired) electrons. The van der Waals surface area contributed by atoms with Gasteiger partial charge in [0.15, 0.2) is 0 Å². The minimum Gasteiger partial charge on any atom is -0.391 e. The van der Waals surface area contributed by atoms with Crippen molar-refractivity contribution in [3.8, 4) is 0 Å². The summed E-state index contributed by atoms with van der Waals surface area (Å²) in [6.45, 7) is 9.32. The zero-order valence-corrected chi connectivity index (χ0v) is 17.9. The zero-order valence-electron chi connectivity index (χ0n) is 17.1. The lowest BCUT2D eigenvalue weighted by Gasteiger charge is -2.44. The van der Waals surface area contributed by atoms with Crippen LogP contribution in [0.1, 0.15) is 59.6 Å². The van der Waals surface area contributed by atoms with Crippen molar-refractivity contribution >= 4 is 17.2 Å². The fourth-order valence-electron chi connectivity index (χ4n) is 4.64. The molecular formula is C22H32N2O3S. The number of amides is 1. The zero-order chi connectivity index (χ0) is 19.7. The van der Waals surface area contributed by atoms with E-state index in [1.807, 2.05) is 4.90 Å². The number of β-amino-alcohol motifs (C(OH)–C–C–N with tert-alkyl or cyclic N) is 1. The van der Waals surface area contributed by atoms with E-state index < -0.39 is 0 Å². The Morgan fingerprint density at radius 1 is 1.36 bits per heavy atom. The summed E-state index contributed by atoms with van der Waals surface area (Å²) in [7, 11) is 0. The number of carbonyl (C=O) groups excluding carboxylic acids is 1. The average molecular weight is 405 g/mol. The van der Waals surface area contributed by atoms with Crippen LogP contribution in [0.25, 0.3) is 0 Å². The van der Waals surface area contributed by atoms with Crippen LogP contribution < -0.4 is 0 Å². The summed E-state index contributed by atoms with van der Waals surface area (Å²) in [5.41, 5.74) is 2.40. The van der Waals surface area contributed by atoms with Crippen LogP contribution in [0.4, 0.5) is 0 Å². The molecule has 5 nitrogen and oxygen atoms in total. The van der Waals surface area contributed by atoms with E-state index in [4.69, 9.17) is 4.74 Å². The van der Waals surface area contributed by atoms with Crippen LogP contribution in [0.3, 0.4) is 0 Å². The molecule has 1 amide bonds. The molecule has 6 heteroatoms. The largest absolute Gasteiger partial charge is 0.391 e. The summed E-state index contributed by atoms with van der Waals surface area (Å²) in [6.07, 6.45) is 6.47. The number of thiophene rings is 1. The highest BCUT2D eigenvalue weighted by Gasteiger charge is 2.42. The van der Waals surface area contributed by atoms with Crippen molar-refractivity contribution in [2.75, 3.05) is 39.3 Å². The van der Waals surface area contributed by atoms with E-state index in [1.165, 1.54) is 16.0 Å². The third-order valence-corrected chi connectivity index (χ3v) is 7.51. The van der Waals surface area contributed by atoms with E-state index in [9.17, 15) is 9.90 Å². The van der Waals surface area contributed by atoms with Crippen LogP contribution in [-0.2, 0) is 16.8 Å². The number of carbonyl (C=O) groups is 1. The van der Waals surface area contributed by atoms with Gasteiger partial charge in [-0.2, -0.15) is 0 Å². The van der Waals surface area contributed by atoms with Crippen molar-refractivity contribution in [2.24, 2.45) is 0 Å². The molecule has 1 unspecified atom stereocenters. The summed E-state index contributed by atoms with van der Waals surface area (Å²) in [4.78, 5) is 19.5. The predicted molar refractivity (Wildman–Crippen MR) is 112 cm³/mol. The van der Waals surface area contributed by atoms with Gasteiger partial charge in [-0.25, -0.2) is 0 Å². The van der Waals surface area contributed by atoms with Crippen LogP contribution >= 0.6 is 11.3 Å². The third kappa shape index (κ3) is 4.06. The second kappa shape index (κ2) is 8.27. The molecule has 1 spiro atoms. The Morgan fingerprint density at radius 3 is 2.86 bits per heavy atom. The SMILES string of the molecule is CC(C)=CCN1CCC2(CC1)OCCc1sc(C(=O)N3CCCC(O)C3)cc12. The minimum absolute atomic E-state index is 0.0781. The van der Waals surface area contributed by atoms with Crippen molar-refractivity contribution in [1.82, 2.24) is 9.80 Å². The molecule has 0 bridgehead atoms. The summed E-state index contributed by atoms with van der Waals surface area (Å²) in [5.74, 6) is 0.0781. The van der Waals surface area contributed by atoms with Crippen LogP contribution in [-0.4, -0.2) is 66.2 Å². The number of aliphatic hydroxyl groups excluding tert-OH is 1. The predicted octanol–water partition coefficient (Wildman–Crippen LogP) is 3.18. The Hall–Kier alpha value is -1.21. The normalized spacial score (nSPS) is 24.8. The number of rotatable bonds is 3. The number of hydrogen-bond acceptors (Lipinski definition) is 5. The molecule has 1 aromatic rings. The van der Waals surface area contributed by atoms with Crippen molar-refractivity contribution in [3.63, 3.8) is 0 Å². The molecule has 1 aromatic heterocycles. The van der Waals surface area contributed by atoms with E-state index in [0.29, 0.717) is 6.54 Å². The lowest BCUT2D eigenvalue weighted by atomic mass is 9.82. The van der Waals surface area contributed by atoms with E-state index in [-0.39, 0.29) is 17.6 Å². The number of fused-ring (bicyclic) bond motifs is 2. The van der Waals surface area contributed by atoms with Gasteiger partial charge in [-0.15, -0.1) is 11.3 Å². The fourth-order valence-corrected chi connectivity index (χ4v) is 5.84. The molecular weight excluding hydrogens is 372 g/mol. The van der Waals surface area contributed by atoms with Gasteiger partial charge in [0.05, 0.1) is 23.2 Å². The molecule has 1 N–H and O–H groups in total. The molecule has 0 aromatic carbocycles. The topological polar surface area (TPSA) is 53.0 Å². The molecule has 0 saturated carbocycles. The Morgan fingerprint density at radius 2 is 2.14 bits per heavy atom. The minimum atomic E-state index is -0.382. The van der Waals surface area contributed by atoms with E-state index in [0.717, 1.165) is 69.8 Å². The molecule has 2 saturated heterocycles. The summed E-state index contributed by atoms with van der Waals surface area (Å²) >= 11 is 1.64. The lowest BCUT2D eigenvalue weighted by molar-refractivity contribution is -0.0958. The Bertz CT molecular complexity index is 745. The highest BCUT2D eigenvalue weighted by Crippen LogP contribution is 2.44. The Labute approximate surface area is 172 Å². The van der Waals surface area contributed by atoms with Gasteiger partial charge in [-0.1, -0.05) is 11.6 Å². The molecule has 4 heterocycles. The molecule has 1 atom stereocenters. The number of likely N-dealkylation sites (tertiary alicyclic amines) is 2. The smallest absolute Gasteiger partial charge is 0.264 e. The second-order valence-corrected chi connectivity index (χ2v) is 9.81. The molecule has 3 aliphatic heterocycles. The van der Waals surface area contributed by atoms with Gasteiger partial charge < -0.3 is 14.7 Å². The van der Waals surface area contributed by atoms with Gasteiger partial charge in [0.2, 0.25) is 0 Å². The summed E-state index contributed by atoms with van der Waals surface area (Å²) in [5, 5.41) is 9.92. The standard InChI is InChI=1S/C22H32N2O3S/c1-16(2)5-10-23-11-7-22(8-12-23)18-14-20(28-19(18)6-13-27-22)21(26)24-9-3-4-17(25)15-24/h5,14,17,25H,3-4,6-13,15H2,1-2H3. The van der Waals surface area contributed by atoms with Gasteiger partial charge in [0, 0.05) is 44.0 Å². The first-order valence-corrected chi connectivity index (χ1v) is 11.4. The quantitative estimate of drug-likeness (QED) is 0.787. The Balaban J connectivity index is 1.49. The van der Waals surface area contributed by atoms with E-state index in [1.54, 1.807) is 11.3 Å². The second-order valence-electron chi connectivity index (χ2n) is 8.67. The van der Waals surface area contributed by atoms with Gasteiger partial charge in [-0.3, -0.25) is 9.69 Å². The van der Waals surface area contributed by atoms with E-state index in [2.05, 4.69) is 30.9 Å². The maximum Gasteiger partial charge on any atom is 0.264 e. The molecule has 4 rings (SSSR count). The van der Waals surface area contributed by atoms with Gasteiger partial charge >= 0.3 is 0 Å². The molecule has 154 valence electrons. The number of nitrogens with zero attached hydrogens (tertiary/aromatic N) is 2. The monoisotopic (exact) mass is 404 g/mol. The van der Waals surface area contributed by atoms with Crippen LogP contribution in [0.5, 0.6) is 0 Å². The van der Waals surface area contributed by atoms with Crippen LogP contribution in [0, 0.1) is 0 Å². The number of piperidine rings is 2. The van der Waals surface area contributed by atoms with Gasteiger partial charge in [-0.05, 0) is 51.2 Å². The fraction of sp³-hybridized carbons (Fsp3) is 0.682. The molecule has 2 fully saturated rings. The van der Waals surface area contributed by atoms with Crippen LogP contribution in [0.2, 0.25) is 0 Å². The van der Waals surface area contributed by atoms with E-state index >= 15 is 0 Å². The average Bonchev–Trinajstić information content (AvgIpc) is 3.13. The summed E-state index contributed by atoms with van der Waals surface area (Å²) < 4.78 is 6.36. The molecule has 28 heavy (non-hydrogen) atoms. The maximum absolute atomic E-state index is 13.0. The highest BCUT2D eigenvalue weighted by atomic mass is 32.1. The Kier molecular flexibility index (Phi) is 5.93. The third-order valence-electron chi connectivity index (χ3n) is 6.32. The molecule has 3 aliphatic rings.